The predicted octanol–water partition coefficient (Wildman–Crippen LogP) is 5.10. The van der Waals surface area contributed by atoms with E-state index in [-0.39, 0.29) is 6.29 Å². The summed E-state index contributed by atoms with van der Waals surface area (Å²) in [7, 11) is 1.68. The molecule has 1 saturated heterocycles. The lowest BCUT2D eigenvalue weighted by Gasteiger charge is -2.21. The van der Waals surface area contributed by atoms with Crippen LogP contribution >= 0.6 is 0 Å². The summed E-state index contributed by atoms with van der Waals surface area (Å²) >= 11 is 0. The zero-order valence-corrected chi connectivity index (χ0v) is 16.7. The predicted molar refractivity (Wildman–Crippen MR) is 108 cm³/mol. The largest absolute Gasteiger partial charge is 0.497 e. The Hall–Kier alpha value is -1.54. The summed E-state index contributed by atoms with van der Waals surface area (Å²) in [5, 5.41) is 0. The van der Waals surface area contributed by atoms with Crippen LogP contribution in [-0.2, 0) is 20.8 Å². The molecule has 1 aliphatic heterocycles. The van der Waals surface area contributed by atoms with Gasteiger partial charge in [-0.05, 0) is 49.8 Å². The molecule has 150 valence electrons. The average Bonchev–Trinajstić information content (AvgIpc) is 2.72. The van der Waals surface area contributed by atoms with Gasteiger partial charge in [-0.25, -0.2) is 0 Å². The van der Waals surface area contributed by atoms with Crippen molar-refractivity contribution in [1.29, 1.82) is 0 Å². The standard InChI is InChI=1S/C23H34O4/c1-24-22-15-13-21(14-16-22)20-25-17-9-6-4-2-3-5-7-10-18-26-23-12-8-11-19-27-23/h13-16,23H,2-6,8-9,11-12,17-20H2,1H3. The van der Waals surface area contributed by atoms with Crippen molar-refractivity contribution in [1.82, 2.24) is 0 Å². The Morgan fingerprint density at radius 1 is 1.00 bits per heavy atom. The highest BCUT2D eigenvalue weighted by atomic mass is 16.7. The van der Waals surface area contributed by atoms with Crippen molar-refractivity contribution in [2.75, 3.05) is 26.9 Å². The first kappa shape index (κ1) is 21.8. The van der Waals surface area contributed by atoms with Gasteiger partial charge < -0.3 is 18.9 Å². The van der Waals surface area contributed by atoms with E-state index in [9.17, 15) is 0 Å². The van der Waals surface area contributed by atoms with Crippen molar-refractivity contribution in [2.45, 2.75) is 70.7 Å². The Morgan fingerprint density at radius 2 is 1.81 bits per heavy atom. The highest BCUT2D eigenvalue weighted by Crippen LogP contribution is 2.13. The first-order valence-corrected chi connectivity index (χ1v) is 10.3. The molecule has 0 N–H and O–H groups in total. The minimum Gasteiger partial charge on any atom is -0.497 e. The third kappa shape index (κ3) is 10.4. The third-order valence-electron chi connectivity index (χ3n) is 4.62. The Labute approximate surface area is 164 Å². The fraction of sp³-hybridized carbons (Fsp3) is 0.652. The number of methoxy groups -OCH3 is 1. The summed E-state index contributed by atoms with van der Waals surface area (Å²) in [5.41, 5.74) is 1.19. The van der Waals surface area contributed by atoms with Crippen LogP contribution in [-0.4, -0.2) is 33.2 Å². The third-order valence-corrected chi connectivity index (χ3v) is 4.62. The minimum atomic E-state index is -0.0278. The molecule has 1 aromatic rings. The van der Waals surface area contributed by atoms with Gasteiger partial charge >= 0.3 is 0 Å². The molecule has 4 nitrogen and oxygen atoms in total. The number of hydrogen-bond donors (Lipinski definition) is 0. The molecule has 0 saturated carbocycles. The van der Waals surface area contributed by atoms with E-state index in [2.05, 4.69) is 11.8 Å². The lowest BCUT2D eigenvalue weighted by atomic mass is 10.1. The maximum absolute atomic E-state index is 5.73. The van der Waals surface area contributed by atoms with Gasteiger partial charge in [0.1, 0.15) is 12.4 Å². The molecular formula is C23H34O4. The van der Waals surface area contributed by atoms with E-state index in [4.69, 9.17) is 18.9 Å². The summed E-state index contributed by atoms with van der Waals surface area (Å²) < 4.78 is 22.0. The lowest BCUT2D eigenvalue weighted by Crippen LogP contribution is -2.22. The van der Waals surface area contributed by atoms with Crippen LogP contribution in [0.25, 0.3) is 0 Å². The first-order valence-electron chi connectivity index (χ1n) is 10.3. The van der Waals surface area contributed by atoms with E-state index < -0.39 is 0 Å². The molecule has 4 heteroatoms. The Balaban J connectivity index is 1.35. The zero-order chi connectivity index (χ0) is 19.0. The average molecular weight is 375 g/mol. The van der Waals surface area contributed by atoms with E-state index in [1.54, 1.807) is 7.11 Å². The van der Waals surface area contributed by atoms with E-state index in [1.807, 2.05) is 24.3 Å². The molecule has 1 heterocycles. The molecule has 1 aliphatic rings. The summed E-state index contributed by atoms with van der Waals surface area (Å²) in [6.45, 7) is 2.82. The summed E-state index contributed by atoms with van der Waals surface area (Å²) in [4.78, 5) is 0. The van der Waals surface area contributed by atoms with E-state index >= 15 is 0 Å². The van der Waals surface area contributed by atoms with Crippen molar-refractivity contribution < 1.29 is 18.9 Å². The molecular weight excluding hydrogens is 340 g/mol. The summed E-state index contributed by atoms with van der Waals surface area (Å²) in [5.74, 6) is 7.18. The SMILES string of the molecule is COc1ccc(COCCCCCCCC#CCOC2CCCCO2)cc1. The van der Waals surface area contributed by atoms with Crippen LogP contribution in [0, 0.1) is 11.8 Å². The van der Waals surface area contributed by atoms with E-state index in [0.717, 1.165) is 44.6 Å². The molecule has 1 atom stereocenters. The van der Waals surface area contributed by atoms with Crippen LogP contribution in [0.1, 0.15) is 63.4 Å². The fourth-order valence-corrected chi connectivity index (χ4v) is 2.98. The second-order valence-corrected chi connectivity index (χ2v) is 6.88. The van der Waals surface area contributed by atoms with Gasteiger partial charge in [0.05, 0.1) is 13.7 Å². The van der Waals surface area contributed by atoms with Crippen molar-refractivity contribution in [3.05, 3.63) is 29.8 Å². The van der Waals surface area contributed by atoms with Gasteiger partial charge in [-0.2, -0.15) is 0 Å². The minimum absolute atomic E-state index is 0.0278. The maximum atomic E-state index is 5.73. The second-order valence-electron chi connectivity index (χ2n) is 6.88. The molecule has 0 radical (unpaired) electrons. The topological polar surface area (TPSA) is 36.9 Å². The molecule has 0 amide bonds. The molecule has 1 aromatic carbocycles. The lowest BCUT2D eigenvalue weighted by molar-refractivity contribution is -0.154. The Morgan fingerprint density at radius 3 is 2.59 bits per heavy atom. The number of benzene rings is 1. The van der Waals surface area contributed by atoms with Gasteiger partial charge in [0.25, 0.3) is 0 Å². The summed E-state index contributed by atoms with van der Waals surface area (Å²) in [6.07, 6.45) is 10.3. The molecule has 0 spiro atoms. The van der Waals surface area contributed by atoms with Crippen LogP contribution in [0.15, 0.2) is 24.3 Å². The summed E-state index contributed by atoms with van der Waals surface area (Å²) in [6, 6.07) is 8.04. The van der Waals surface area contributed by atoms with Crippen molar-refractivity contribution in [3.63, 3.8) is 0 Å². The van der Waals surface area contributed by atoms with Crippen LogP contribution in [0.2, 0.25) is 0 Å². The molecule has 1 fully saturated rings. The van der Waals surface area contributed by atoms with Crippen molar-refractivity contribution in [2.24, 2.45) is 0 Å². The zero-order valence-electron chi connectivity index (χ0n) is 16.7. The monoisotopic (exact) mass is 374 g/mol. The number of ether oxygens (including phenoxy) is 4. The van der Waals surface area contributed by atoms with Crippen molar-refractivity contribution in [3.8, 4) is 17.6 Å². The van der Waals surface area contributed by atoms with Crippen LogP contribution in [0.5, 0.6) is 5.75 Å². The fourth-order valence-electron chi connectivity index (χ4n) is 2.98. The van der Waals surface area contributed by atoms with Gasteiger partial charge in [0, 0.05) is 19.6 Å². The van der Waals surface area contributed by atoms with Gasteiger partial charge in [0.2, 0.25) is 0 Å². The van der Waals surface area contributed by atoms with Crippen LogP contribution in [0.4, 0.5) is 0 Å². The van der Waals surface area contributed by atoms with Gasteiger partial charge in [-0.15, -0.1) is 5.92 Å². The molecule has 27 heavy (non-hydrogen) atoms. The molecule has 0 aliphatic carbocycles. The second kappa shape index (κ2) is 14.5. The Kier molecular flexibility index (Phi) is 11.7. The maximum Gasteiger partial charge on any atom is 0.158 e. The van der Waals surface area contributed by atoms with Crippen molar-refractivity contribution >= 4 is 0 Å². The smallest absolute Gasteiger partial charge is 0.158 e. The normalized spacial score (nSPS) is 16.6. The molecule has 0 bridgehead atoms. The number of unbranched alkanes of at least 4 members (excludes halogenated alkanes) is 5. The molecule has 2 rings (SSSR count). The van der Waals surface area contributed by atoms with Gasteiger partial charge in [0.15, 0.2) is 6.29 Å². The first-order chi connectivity index (χ1) is 13.4. The van der Waals surface area contributed by atoms with Crippen LogP contribution in [0.3, 0.4) is 0 Å². The van der Waals surface area contributed by atoms with E-state index in [1.165, 1.54) is 37.7 Å². The van der Waals surface area contributed by atoms with Crippen LogP contribution < -0.4 is 4.74 Å². The highest BCUT2D eigenvalue weighted by molar-refractivity contribution is 5.26. The highest BCUT2D eigenvalue weighted by Gasteiger charge is 2.12. The quantitative estimate of drug-likeness (QED) is 0.377. The van der Waals surface area contributed by atoms with Gasteiger partial charge in [-0.3, -0.25) is 0 Å². The number of rotatable bonds is 12. The number of hydrogen-bond acceptors (Lipinski definition) is 4. The van der Waals surface area contributed by atoms with Gasteiger partial charge in [-0.1, -0.05) is 37.3 Å². The van der Waals surface area contributed by atoms with E-state index in [0.29, 0.717) is 13.2 Å². The molecule has 0 aromatic heterocycles. The Bertz CT molecular complexity index is 538. The molecule has 1 unspecified atom stereocenters.